The molecular weight excluding hydrogens is 308 g/mol. The van der Waals surface area contributed by atoms with Gasteiger partial charge in [0.1, 0.15) is 5.82 Å². The number of nitrogens with zero attached hydrogens (tertiary/aromatic N) is 2. The molecule has 0 saturated carbocycles. The second-order valence-corrected chi connectivity index (χ2v) is 5.12. The molecule has 2 rings (SSSR count). The zero-order valence-electron chi connectivity index (χ0n) is 13.5. The van der Waals surface area contributed by atoms with Crippen LogP contribution in [0.25, 0.3) is 11.4 Å². The summed E-state index contributed by atoms with van der Waals surface area (Å²) in [6.07, 6.45) is 1.17. The van der Waals surface area contributed by atoms with Crippen LogP contribution in [-0.4, -0.2) is 40.0 Å². The van der Waals surface area contributed by atoms with E-state index < -0.39 is 5.97 Å². The van der Waals surface area contributed by atoms with E-state index in [-0.39, 0.29) is 11.6 Å². The van der Waals surface area contributed by atoms with Crippen LogP contribution in [0.1, 0.15) is 30.3 Å². The van der Waals surface area contributed by atoms with Gasteiger partial charge < -0.3 is 15.7 Å². The lowest BCUT2D eigenvalue weighted by atomic mass is 10.2. The van der Waals surface area contributed by atoms with E-state index in [9.17, 15) is 14.7 Å². The van der Waals surface area contributed by atoms with E-state index >= 15 is 0 Å². The first-order valence-corrected chi connectivity index (χ1v) is 7.78. The number of carboxylic acids is 1. The summed E-state index contributed by atoms with van der Waals surface area (Å²) in [7, 11) is 0. The predicted molar refractivity (Wildman–Crippen MR) is 90.8 cm³/mol. The lowest BCUT2D eigenvalue weighted by molar-refractivity contribution is -0.120. The fraction of sp³-hybridized carbons (Fsp3) is 0.294. The van der Waals surface area contributed by atoms with Crippen LogP contribution in [0.2, 0.25) is 0 Å². The largest absolute Gasteiger partial charge is 0.477 e. The number of anilines is 1. The molecule has 0 saturated heterocycles. The number of benzene rings is 1. The van der Waals surface area contributed by atoms with Crippen LogP contribution in [0, 0.1) is 0 Å². The minimum Gasteiger partial charge on any atom is -0.477 e. The molecule has 0 atom stereocenters. The van der Waals surface area contributed by atoms with Gasteiger partial charge >= 0.3 is 5.97 Å². The smallest absolute Gasteiger partial charge is 0.354 e. The minimum absolute atomic E-state index is 0.0107. The van der Waals surface area contributed by atoms with Crippen molar-refractivity contribution in [3.05, 3.63) is 42.1 Å². The van der Waals surface area contributed by atoms with E-state index in [0.29, 0.717) is 37.6 Å². The number of hydrogen-bond acceptors (Lipinski definition) is 5. The highest BCUT2D eigenvalue weighted by Crippen LogP contribution is 2.17. The van der Waals surface area contributed by atoms with Gasteiger partial charge in [-0.05, 0) is 6.42 Å². The Bertz CT molecular complexity index is 704. The standard InChI is InChI=1S/C17H20N4O3/c1-2-15(22)19-10-6-9-18-14-11-13(17(23)24)20-16(21-14)12-7-4-3-5-8-12/h3-5,7-8,11H,2,6,9-10H2,1H3,(H,19,22)(H,23,24)(H,18,20,21). The topological polar surface area (TPSA) is 104 Å². The summed E-state index contributed by atoms with van der Waals surface area (Å²) in [6.45, 7) is 2.92. The summed E-state index contributed by atoms with van der Waals surface area (Å²) in [4.78, 5) is 30.8. The lowest BCUT2D eigenvalue weighted by Gasteiger charge is -2.09. The van der Waals surface area contributed by atoms with E-state index in [0.717, 1.165) is 5.56 Å². The number of aromatic nitrogens is 2. The van der Waals surface area contributed by atoms with Gasteiger partial charge in [0.15, 0.2) is 11.5 Å². The number of aromatic carboxylic acids is 1. The number of carbonyl (C=O) groups excluding carboxylic acids is 1. The molecule has 1 amide bonds. The average Bonchev–Trinajstić information content (AvgIpc) is 2.61. The van der Waals surface area contributed by atoms with Crippen molar-refractivity contribution in [2.75, 3.05) is 18.4 Å². The highest BCUT2D eigenvalue weighted by Gasteiger charge is 2.11. The summed E-state index contributed by atoms with van der Waals surface area (Å²) in [6, 6.07) is 10.6. The Morgan fingerprint density at radius 2 is 1.88 bits per heavy atom. The van der Waals surface area contributed by atoms with Crippen molar-refractivity contribution in [2.24, 2.45) is 0 Å². The summed E-state index contributed by atoms with van der Waals surface area (Å²) in [5.41, 5.74) is 0.685. The Morgan fingerprint density at radius 3 is 2.54 bits per heavy atom. The third-order valence-electron chi connectivity index (χ3n) is 3.28. The number of nitrogens with one attached hydrogen (secondary N) is 2. The quantitative estimate of drug-likeness (QED) is 0.642. The van der Waals surface area contributed by atoms with Crippen LogP contribution in [0.15, 0.2) is 36.4 Å². The van der Waals surface area contributed by atoms with E-state index in [2.05, 4.69) is 20.6 Å². The zero-order valence-corrected chi connectivity index (χ0v) is 13.5. The second-order valence-electron chi connectivity index (χ2n) is 5.12. The van der Waals surface area contributed by atoms with Gasteiger partial charge in [-0.3, -0.25) is 4.79 Å². The summed E-state index contributed by atoms with van der Waals surface area (Å²) >= 11 is 0. The molecule has 1 heterocycles. The van der Waals surface area contributed by atoms with Gasteiger partial charge in [0.25, 0.3) is 0 Å². The van der Waals surface area contributed by atoms with Gasteiger partial charge in [0.05, 0.1) is 0 Å². The Morgan fingerprint density at radius 1 is 1.12 bits per heavy atom. The minimum atomic E-state index is -1.10. The third-order valence-corrected chi connectivity index (χ3v) is 3.28. The SMILES string of the molecule is CCC(=O)NCCCNc1cc(C(=O)O)nc(-c2ccccc2)n1. The molecule has 7 nitrogen and oxygen atoms in total. The molecule has 0 aliphatic heterocycles. The Kier molecular flexibility index (Phi) is 6.24. The van der Waals surface area contributed by atoms with Crippen molar-refractivity contribution < 1.29 is 14.7 Å². The molecule has 0 aliphatic rings. The second kappa shape index (κ2) is 8.61. The molecule has 0 spiro atoms. The van der Waals surface area contributed by atoms with Gasteiger partial charge in [-0.25, -0.2) is 14.8 Å². The normalized spacial score (nSPS) is 10.2. The van der Waals surface area contributed by atoms with E-state index in [1.807, 2.05) is 30.3 Å². The van der Waals surface area contributed by atoms with Crippen molar-refractivity contribution in [1.82, 2.24) is 15.3 Å². The molecule has 2 aromatic rings. The van der Waals surface area contributed by atoms with Gasteiger partial charge in [-0.1, -0.05) is 37.3 Å². The molecule has 0 fully saturated rings. The number of amides is 1. The van der Waals surface area contributed by atoms with Gasteiger partial charge in [-0.2, -0.15) is 0 Å². The summed E-state index contributed by atoms with van der Waals surface area (Å²) in [5, 5.41) is 15.1. The predicted octanol–water partition coefficient (Wildman–Crippen LogP) is 2.17. The molecule has 7 heteroatoms. The van der Waals surface area contributed by atoms with Crippen LogP contribution >= 0.6 is 0 Å². The molecule has 0 unspecified atom stereocenters. The van der Waals surface area contributed by atoms with Crippen LogP contribution in [0.3, 0.4) is 0 Å². The summed E-state index contributed by atoms with van der Waals surface area (Å²) in [5.74, 6) is -0.287. The van der Waals surface area contributed by atoms with Crippen LogP contribution in [0.5, 0.6) is 0 Å². The highest BCUT2D eigenvalue weighted by atomic mass is 16.4. The molecule has 126 valence electrons. The summed E-state index contributed by atoms with van der Waals surface area (Å²) < 4.78 is 0. The molecular formula is C17H20N4O3. The highest BCUT2D eigenvalue weighted by molar-refractivity contribution is 5.87. The van der Waals surface area contributed by atoms with Gasteiger partial charge in [0, 0.05) is 31.1 Å². The van der Waals surface area contributed by atoms with Gasteiger partial charge in [0.2, 0.25) is 5.91 Å². The van der Waals surface area contributed by atoms with E-state index in [1.165, 1.54) is 6.07 Å². The molecule has 0 radical (unpaired) electrons. The Labute approximate surface area is 140 Å². The van der Waals surface area contributed by atoms with E-state index in [4.69, 9.17) is 0 Å². The van der Waals surface area contributed by atoms with Crippen molar-refractivity contribution in [3.8, 4) is 11.4 Å². The number of carboxylic acid groups (broad SMARTS) is 1. The number of rotatable bonds is 8. The number of carbonyl (C=O) groups is 2. The monoisotopic (exact) mass is 328 g/mol. The van der Waals surface area contributed by atoms with Gasteiger partial charge in [-0.15, -0.1) is 0 Å². The van der Waals surface area contributed by atoms with Crippen LogP contribution in [-0.2, 0) is 4.79 Å². The molecule has 3 N–H and O–H groups in total. The fourth-order valence-corrected chi connectivity index (χ4v) is 2.02. The first kappa shape index (κ1) is 17.4. The maximum absolute atomic E-state index is 11.3. The average molecular weight is 328 g/mol. The van der Waals surface area contributed by atoms with Crippen molar-refractivity contribution >= 4 is 17.7 Å². The number of hydrogen-bond donors (Lipinski definition) is 3. The first-order valence-electron chi connectivity index (χ1n) is 7.78. The van der Waals surface area contributed by atoms with Crippen LogP contribution < -0.4 is 10.6 Å². The van der Waals surface area contributed by atoms with Crippen molar-refractivity contribution in [3.63, 3.8) is 0 Å². The third kappa shape index (κ3) is 5.05. The Hall–Kier alpha value is -2.96. The molecule has 1 aromatic carbocycles. The fourth-order valence-electron chi connectivity index (χ4n) is 2.02. The molecule has 0 bridgehead atoms. The maximum atomic E-state index is 11.3. The molecule has 1 aromatic heterocycles. The lowest BCUT2D eigenvalue weighted by Crippen LogP contribution is -2.24. The van der Waals surface area contributed by atoms with Crippen molar-refractivity contribution in [2.45, 2.75) is 19.8 Å². The first-order chi connectivity index (χ1) is 11.6. The Balaban J connectivity index is 2.05. The molecule has 24 heavy (non-hydrogen) atoms. The zero-order chi connectivity index (χ0) is 17.4. The van der Waals surface area contributed by atoms with Crippen LogP contribution in [0.4, 0.5) is 5.82 Å². The maximum Gasteiger partial charge on any atom is 0.354 e. The van der Waals surface area contributed by atoms with E-state index in [1.54, 1.807) is 6.92 Å². The molecule has 0 aliphatic carbocycles. The van der Waals surface area contributed by atoms with Crippen molar-refractivity contribution in [1.29, 1.82) is 0 Å².